The molecule has 140 valence electrons. The van der Waals surface area contributed by atoms with E-state index in [9.17, 15) is 9.59 Å². The summed E-state index contributed by atoms with van der Waals surface area (Å²) in [6.07, 6.45) is 1.51. The van der Waals surface area contributed by atoms with Gasteiger partial charge in [0.25, 0.3) is 5.91 Å². The van der Waals surface area contributed by atoms with Crippen molar-refractivity contribution in [1.82, 2.24) is 5.43 Å². The van der Waals surface area contributed by atoms with Gasteiger partial charge in [-0.25, -0.2) is 10.2 Å². The van der Waals surface area contributed by atoms with Crippen molar-refractivity contribution in [3.8, 4) is 5.75 Å². The Bertz CT molecular complexity index is 1020. The molecule has 3 aromatic carbocycles. The molecule has 0 atom stereocenters. The largest absolute Gasteiger partial charge is 0.423 e. The summed E-state index contributed by atoms with van der Waals surface area (Å²) in [5.74, 6) is -0.338. The fraction of sp³-hybridized carbons (Fsp3) is 0. The minimum Gasteiger partial charge on any atom is -0.423 e. The molecular formula is C21H14Br2N2O3. The standard InChI is InChI=1S/C21H14Br2N2O3/c22-16-9-7-15(8-10-16)20(26)25-24-13-14-5-11-17(12-6-14)28-21(27)18-3-1-2-4-19(18)23/h1-13H,(H,25,26)/b24-13-. The van der Waals surface area contributed by atoms with E-state index in [1.165, 1.54) is 6.21 Å². The number of hydrogen-bond acceptors (Lipinski definition) is 4. The fourth-order valence-electron chi connectivity index (χ4n) is 2.24. The molecule has 3 aromatic rings. The first kappa shape index (κ1) is 20.0. The summed E-state index contributed by atoms with van der Waals surface area (Å²) < 4.78 is 6.93. The molecule has 0 spiro atoms. The number of esters is 1. The first-order valence-electron chi connectivity index (χ1n) is 8.19. The van der Waals surface area contributed by atoms with E-state index in [4.69, 9.17) is 4.74 Å². The molecule has 0 fully saturated rings. The van der Waals surface area contributed by atoms with Gasteiger partial charge in [0.05, 0.1) is 11.8 Å². The van der Waals surface area contributed by atoms with Crippen LogP contribution in [-0.4, -0.2) is 18.1 Å². The molecule has 0 radical (unpaired) electrons. The predicted molar refractivity (Wildman–Crippen MR) is 115 cm³/mol. The number of nitrogens with zero attached hydrogens (tertiary/aromatic N) is 1. The summed E-state index contributed by atoms with van der Waals surface area (Å²) in [6, 6.07) is 20.8. The molecule has 3 rings (SSSR count). The van der Waals surface area contributed by atoms with Crippen molar-refractivity contribution >= 4 is 50.0 Å². The highest BCUT2D eigenvalue weighted by Gasteiger charge is 2.11. The summed E-state index contributed by atoms with van der Waals surface area (Å²) in [7, 11) is 0. The molecule has 7 heteroatoms. The molecule has 0 saturated carbocycles. The first-order valence-corrected chi connectivity index (χ1v) is 9.77. The van der Waals surface area contributed by atoms with Crippen molar-refractivity contribution in [1.29, 1.82) is 0 Å². The minimum absolute atomic E-state index is 0.303. The van der Waals surface area contributed by atoms with E-state index >= 15 is 0 Å². The molecular weight excluding hydrogens is 488 g/mol. The van der Waals surface area contributed by atoms with E-state index in [2.05, 4.69) is 42.4 Å². The lowest BCUT2D eigenvalue weighted by molar-refractivity contribution is 0.0733. The summed E-state index contributed by atoms with van der Waals surface area (Å²) in [4.78, 5) is 24.2. The quantitative estimate of drug-likeness (QED) is 0.226. The van der Waals surface area contributed by atoms with Crippen molar-refractivity contribution in [3.05, 3.63) is 98.4 Å². The third kappa shape index (κ3) is 5.37. The van der Waals surface area contributed by atoms with E-state index < -0.39 is 5.97 Å². The third-order valence-corrected chi connectivity index (χ3v) is 4.89. The van der Waals surface area contributed by atoms with E-state index in [1.807, 2.05) is 6.07 Å². The smallest absolute Gasteiger partial charge is 0.344 e. The average molecular weight is 502 g/mol. The van der Waals surface area contributed by atoms with Crippen LogP contribution < -0.4 is 10.2 Å². The van der Waals surface area contributed by atoms with Crippen LogP contribution in [0, 0.1) is 0 Å². The van der Waals surface area contributed by atoms with Crippen LogP contribution in [0.4, 0.5) is 0 Å². The van der Waals surface area contributed by atoms with Crippen molar-refractivity contribution in [2.24, 2.45) is 5.10 Å². The van der Waals surface area contributed by atoms with Gasteiger partial charge in [-0.2, -0.15) is 5.10 Å². The highest BCUT2D eigenvalue weighted by Crippen LogP contribution is 2.19. The van der Waals surface area contributed by atoms with Gasteiger partial charge in [-0.05, 0) is 82.2 Å². The molecule has 0 heterocycles. The van der Waals surface area contributed by atoms with Crippen LogP contribution in [0.15, 0.2) is 86.8 Å². The Kier molecular flexibility index (Phi) is 6.73. The first-order chi connectivity index (χ1) is 13.5. The number of halogens is 2. The summed E-state index contributed by atoms with van der Waals surface area (Å²) in [5, 5.41) is 3.94. The number of carbonyl (C=O) groups excluding carboxylic acids is 2. The average Bonchev–Trinajstić information content (AvgIpc) is 2.70. The Labute approximate surface area is 178 Å². The zero-order valence-corrected chi connectivity index (χ0v) is 17.6. The Balaban J connectivity index is 1.57. The normalized spacial score (nSPS) is 10.6. The van der Waals surface area contributed by atoms with Gasteiger partial charge in [0, 0.05) is 14.5 Å². The van der Waals surface area contributed by atoms with E-state index in [1.54, 1.807) is 66.7 Å². The maximum absolute atomic E-state index is 12.2. The minimum atomic E-state index is -0.448. The van der Waals surface area contributed by atoms with Crippen LogP contribution in [-0.2, 0) is 0 Å². The molecule has 0 bridgehead atoms. The van der Waals surface area contributed by atoms with Crippen LogP contribution in [0.5, 0.6) is 5.75 Å². The van der Waals surface area contributed by atoms with Crippen LogP contribution in [0.1, 0.15) is 26.3 Å². The zero-order valence-electron chi connectivity index (χ0n) is 14.4. The number of rotatable bonds is 5. The topological polar surface area (TPSA) is 67.8 Å². The van der Waals surface area contributed by atoms with Gasteiger partial charge in [0.1, 0.15) is 5.75 Å². The SMILES string of the molecule is O=C(N/N=C\c1ccc(OC(=O)c2ccccc2Br)cc1)c1ccc(Br)cc1. The van der Waals surface area contributed by atoms with E-state index in [0.29, 0.717) is 21.3 Å². The molecule has 0 aromatic heterocycles. The number of amides is 1. The predicted octanol–water partition coefficient (Wildman–Crippen LogP) is 5.19. The van der Waals surface area contributed by atoms with Crippen molar-refractivity contribution < 1.29 is 14.3 Å². The monoisotopic (exact) mass is 500 g/mol. The van der Waals surface area contributed by atoms with Gasteiger partial charge in [-0.1, -0.05) is 28.1 Å². The Morgan fingerprint density at radius 1 is 0.893 bits per heavy atom. The molecule has 1 N–H and O–H groups in total. The van der Waals surface area contributed by atoms with Gasteiger partial charge in [-0.3, -0.25) is 4.79 Å². The second-order valence-electron chi connectivity index (χ2n) is 5.64. The summed E-state index contributed by atoms with van der Waals surface area (Å²) in [5.41, 5.74) is 4.17. The molecule has 1 amide bonds. The highest BCUT2D eigenvalue weighted by molar-refractivity contribution is 9.10. The number of hydrazone groups is 1. The number of benzene rings is 3. The lowest BCUT2D eigenvalue weighted by Gasteiger charge is -2.06. The van der Waals surface area contributed by atoms with Gasteiger partial charge in [-0.15, -0.1) is 0 Å². The third-order valence-electron chi connectivity index (χ3n) is 3.67. The molecule has 0 aliphatic heterocycles. The second-order valence-corrected chi connectivity index (χ2v) is 7.41. The molecule has 0 unspecified atom stereocenters. The van der Waals surface area contributed by atoms with Gasteiger partial charge in [0.2, 0.25) is 0 Å². The van der Waals surface area contributed by atoms with Crippen molar-refractivity contribution in [3.63, 3.8) is 0 Å². The lowest BCUT2D eigenvalue weighted by Crippen LogP contribution is -2.17. The molecule has 0 aliphatic carbocycles. The number of ether oxygens (including phenoxy) is 1. The Morgan fingerprint density at radius 3 is 2.25 bits per heavy atom. The zero-order chi connectivity index (χ0) is 19.9. The summed E-state index contributed by atoms with van der Waals surface area (Å²) in [6.45, 7) is 0. The Hall–Kier alpha value is -2.77. The molecule has 5 nitrogen and oxygen atoms in total. The van der Waals surface area contributed by atoms with E-state index in [0.717, 1.165) is 10.0 Å². The van der Waals surface area contributed by atoms with Crippen LogP contribution >= 0.6 is 31.9 Å². The fourth-order valence-corrected chi connectivity index (χ4v) is 2.95. The number of nitrogens with one attached hydrogen (secondary N) is 1. The van der Waals surface area contributed by atoms with Crippen molar-refractivity contribution in [2.75, 3.05) is 0 Å². The van der Waals surface area contributed by atoms with Crippen LogP contribution in [0.25, 0.3) is 0 Å². The summed E-state index contributed by atoms with van der Waals surface area (Å²) >= 11 is 6.65. The second kappa shape index (κ2) is 9.43. The van der Waals surface area contributed by atoms with Crippen LogP contribution in [0.3, 0.4) is 0 Å². The number of hydrogen-bond donors (Lipinski definition) is 1. The Morgan fingerprint density at radius 2 is 1.57 bits per heavy atom. The maximum Gasteiger partial charge on any atom is 0.344 e. The van der Waals surface area contributed by atoms with Crippen molar-refractivity contribution in [2.45, 2.75) is 0 Å². The highest BCUT2D eigenvalue weighted by atomic mass is 79.9. The van der Waals surface area contributed by atoms with E-state index in [-0.39, 0.29) is 5.91 Å². The lowest BCUT2D eigenvalue weighted by atomic mass is 10.2. The van der Waals surface area contributed by atoms with Gasteiger partial charge in [0.15, 0.2) is 0 Å². The molecule has 0 saturated heterocycles. The van der Waals surface area contributed by atoms with Gasteiger partial charge < -0.3 is 4.74 Å². The maximum atomic E-state index is 12.2. The molecule has 28 heavy (non-hydrogen) atoms. The van der Waals surface area contributed by atoms with Gasteiger partial charge >= 0.3 is 5.97 Å². The number of carbonyl (C=O) groups is 2. The molecule has 0 aliphatic rings. The van der Waals surface area contributed by atoms with Crippen LogP contribution in [0.2, 0.25) is 0 Å².